The molecule has 2 rings (SSSR count). The molecule has 0 spiro atoms. The van der Waals surface area contributed by atoms with Crippen molar-refractivity contribution in [3.63, 3.8) is 0 Å². The fourth-order valence-electron chi connectivity index (χ4n) is 1.61. The Morgan fingerprint density at radius 3 is 3.24 bits per heavy atom. The molecule has 0 saturated heterocycles. The van der Waals surface area contributed by atoms with E-state index in [2.05, 4.69) is 10.5 Å². The molecule has 1 amide bonds. The van der Waals surface area contributed by atoms with Crippen LogP contribution in [0.1, 0.15) is 10.4 Å². The molecule has 0 atom stereocenters. The first-order valence-corrected chi connectivity index (χ1v) is 5.17. The number of carbonyl (C=O) groups excluding carboxylic acids is 1. The van der Waals surface area contributed by atoms with Crippen molar-refractivity contribution in [2.45, 2.75) is 0 Å². The van der Waals surface area contributed by atoms with Crippen LogP contribution in [0.2, 0.25) is 0 Å². The molecule has 2 aromatic rings. The summed E-state index contributed by atoms with van der Waals surface area (Å²) in [7, 11) is 1.82. The van der Waals surface area contributed by atoms with E-state index in [0.717, 1.165) is 11.0 Å². The lowest BCUT2D eigenvalue weighted by atomic mass is 10.2. The van der Waals surface area contributed by atoms with E-state index in [9.17, 15) is 4.79 Å². The second kappa shape index (κ2) is 4.94. The second-order valence-corrected chi connectivity index (χ2v) is 3.53. The van der Waals surface area contributed by atoms with E-state index in [-0.39, 0.29) is 19.1 Å². The summed E-state index contributed by atoms with van der Waals surface area (Å²) in [5.41, 5.74) is 3.50. The first-order chi connectivity index (χ1) is 8.24. The van der Waals surface area contributed by atoms with Crippen molar-refractivity contribution in [3.05, 3.63) is 30.1 Å². The lowest BCUT2D eigenvalue weighted by Crippen LogP contribution is -2.24. The Kier molecular flexibility index (Phi) is 3.36. The van der Waals surface area contributed by atoms with Crippen molar-refractivity contribution in [2.24, 2.45) is 7.05 Å². The van der Waals surface area contributed by atoms with Crippen molar-refractivity contribution < 1.29 is 14.7 Å². The first-order valence-electron chi connectivity index (χ1n) is 5.17. The van der Waals surface area contributed by atoms with Gasteiger partial charge in [-0.2, -0.15) is 0 Å². The molecular formula is C11H13N3O3. The van der Waals surface area contributed by atoms with Gasteiger partial charge in [0.2, 0.25) is 0 Å². The highest BCUT2D eigenvalue weighted by Gasteiger charge is 2.14. The predicted octanol–water partition coefficient (Wildman–Crippen LogP) is 0.227. The number of pyridine rings is 1. The lowest BCUT2D eigenvalue weighted by molar-refractivity contribution is 0.0169. The van der Waals surface area contributed by atoms with Gasteiger partial charge < -0.3 is 9.67 Å². The number of aromatic nitrogens is 2. The minimum atomic E-state index is -0.350. The van der Waals surface area contributed by atoms with Crippen LogP contribution >= 0.6 is 0 Å². The monoisotopic (exact) mass is 235 g/mol. The summed E-state index contributed by atoms with van der Waals surface area (Å²) < 4.78 is 1.77. The molecule has 0 saturated carbocycles. The van der Waals surface area contributed by atoms with Crippen LogP contribution in [0.4, 0.5) is 0 Å². The number of aliphatic hydroxyl groups excluding tert-OH is 1. The molecule has 17 heavy (non-hydrogen) atoms. The maximum absolute atomic E-state index is 11.8. The summed E-state index contributed by atoms with van der Waals surface area (Å²) >= 11 is 0. The first kappa shape index (κ1) is 11.6. The summed E-state index contributed by atoms with van der Waals surface area (Å²) in [5.74, 6) is -0.350. The fourth-order valence-corrected chi connectivity index (χ4v) is 1.61. The number of aliphatic hydroxyl groups is 1. The van der Waals surface area contributed by atoms with Gasteiger partial charge in [0.1, 0.15) is 5.65 Å². The quantitative estimate of drug-likeness (QED) is 0.587. The summed E-state index contributed by atoms with van der Waals surface area (Å²) in [6.45, 7) is -0.0773. The van der Waals surface area contributed by atoms with Crippen molar-refractivity contribution in [3.8, 4) is 0 Å². The van der Waals surface area contributed by atoms with E-state index in [1.165, 1.54) is 0 Å². The van der Waals surface area contributed by atoms with Gasteiger partial charge in [0.05, 0.1) is 18.8 Å². The van der Waals surface area contributed by atoms with E-state index in [0.29, 0.717) is 5.56 Å². The van der Waals surface area contributed by atoms with Crippen LogP contribution in [-0.4, -0.2) is 33.8 Å². The third-order valence-corrected chi connectivity index (χ3v) is 2.34. The van der Waals surface area contributed by atoms with Gasteiger partial charge in [0, 0.05) is 24.8 Å². The maximum atomic E-state index is 11.8. The Hall–Kier alpha value is -1.92. The molecule has 0 unspecified atom stereocenters. The van der Waals surface area contributed by atoms with Crippen LogP contribution in [0.15, 0.2) is 24.5 Å². The van der Waals surface area contributed by atoms with Crippen LogP contribution in [-0.2, 0) is 11.9 Å². The van der Waals surface area contributed by atoms with E-state index < -0.39 is 0 Å². The zero-order valence-corrected chi connectivity index (χ0v) is 9.38. The van der Waals surface area contributed by atoms with E-state index >= 15 is 0 Å². The van der Waals surface area contributed by atoms with Crippen molar-refractivity contribution >= 4 is 16.9 Å². The third kappa shape index (κ3) is 2.27. The molecule has 0 bridgehead atoms. The van der Waals surface area contributed by atoms with Gasteiger partial charge in [-0.15, -0.1) is 0 Å². The van der Waals surface area contributed by atoms with E-state index in [1.807, 2.05) is 13.1 Å². The number of hydroxylamine groups is 1. The summed E-state index contributed by atoms with van der Waals surface area (Å²) in [5, 5.41) is 9.30. The number of amides is 1. The van der Waals surface area contributed by atoms with Gasteiger partial charge in [-0.1, -0.05) is 0 Å². The average molecular weight is 235 g/mol. The van der Waals surface area contributed by atoms with Crippen molar-refractivity contribution in [1.29, 1.82) is 0 Å². The minimum Gasteiger partial charge on any atom is -0.394 e. The molecule has 0 aliphatic heterocycles. The van der Waals surface area contributed by atoms with Crippen molar-refractivity contribution in [1.82, 2.24) is 15.0 Å². The zero-order chi connectivity index (χ0) is 12.3. The Morgan fingerprint density at radius 2 is 2.47 bits per heavy atom. The standard InChI is InChI=1S/C11H13N3O3/c1-14-7-9(11(16)13-17-6-5-15)8-3-2-4-12-10(8)14/h2-4,7,15H,5-6H2,1H3,(H,13,16). The highest BCUT2D eigenvalue weighted by molar-refractivity contribution is 6.05. The topological polar surface area (TPSA) is 76.4 Å². The highest BCUT2D eigenvalue weighted by Crippen LogP contribution is 2.17. The fraction of sp³-hybridized carbons (Fsp3) is 0.273. The maximum Gasteiger partial charge on any atom is 0.277 e. The summed E-state index contributed by atoms with van der Waals surface area (Å²) in [4.78, 5) is 20.7. The van der Waals surface area contributed by atoms with Gasteiger partial charge >= 0.3 is 0 Å². The van der Waals surface area contributed by atoms with Crippen LogP contribution in [0.5, 0.6) is 0 Å². The van der Waals surface area contributed by atoms with Gasteiger partial charge in [-0.3, -0.25) is 9.63 Å². The normalized spacial score (nSPS) is 10.7. The van der Waals surface area contributed by atoms with E-state index in [1.54, 1.807) is 23.0 Å². The Bertz CT molecular complexity index is 536. The van der Waals surface area contributed by atoms with Crippen LogP contribution in [0, 0.1) is 0 Å². The predicted molar refractivity (Wildman–Crippen MR) is 61.2 cm³/mol. The van der Waals surface area contributed by atoms with E-state index in [4.69, 9.17) is 9.94 Å². The molecule has 0 aliphatic carbocycles. The van der Waals surface area contributed by atoms with Crippen LogP contribution in [0.3, 0.4) is 0 Å². The number of nitrogens with one attached hydrogen (secondary N) is 1. The molecule has 6 heteroatoms. The smallest absolute Gasteiger partial charge is 0.277 e. The molecule has 2 heterocycles. The SMILES string of the molecule is Cn1cc(C(=O)NOCCO)c2cccnc21. The Morgan fingerprint density at radius 1 is 1.65 bits per heavy atom. The second-order valence-electron chi connectivity index (χ2n) is 3.53. The Balaban J connectivity index is 2.26. The molecule has 90 valence electrons. The molecule has 0 fully saturated rings. The van der Waals surface area contributed by atoms with Gasteiger partial charge in [0.15, 0.2) is 0 Å². The molecule has 0 aliphatic rings. The molecule has 2 aromatic heterocycles. The highest BCUT2D eigenvalue weighted by atomic mass is 16.7. The molecule has 0 radical (unpaired) electrons. The molecule has 6 nitrogen and oxygen atoms in total. The number of fused-ring (bicyclic) bond motifs is 1. The zero-order valence-electron chi connectivity index (χ0n) is 9.38. The van der Waals surface area contributed by atoms with Gasteiger partial charge in [0.25, 0.3) is 5.91 Å². The van der Waals surface area contributed by atoms with Crippen LogP contribution < -0.4 is 5.48 Å². The number of carbonyl (C=O) groups is 1. The number of rotatable bonds is 4. The number of hydrogen-bond donors (Lipinski definition) is 2. The minimum absolute atomic E-state index is 0.0642. The van der Waals surface area contributed by atoms with Crippen LogP contribution in [0.25, 0.3) is 11.0 Å². The summed E-state index contributed by atoms with van der Waals surface area (Å²) in [6, 6.07) is 3.59. The number of nitrogens with zero attached hydrogens (tertiary/aromatic N) is 2. The molecule has 2 N–H and O–H groups in total. The largest absolute Gasteiger partial charge is 0.394 e. The Labute approximate surface area is 97.8 Å². The lowest BCUT2D eigenvalue weighted by Gasteiger charge is -2.02. The third-order valence-electron chi connectivity index (χ3n) is 2.34. The summed E-state index contributed by atoms with van der Waals surface area (Å²) in [6.07, 6.45) is 3.36. The average Bonchev–Trinajstić information content (AvgIpc) is 2.68. The molecular weight excluding hydrogens is 222 g/mol. The van der Waals surface area contributed by atoms with Crippen molar-refractivity contribution in [2.75, 3.05) is 13.2 Å². The molecule has 0 aromatic carbocycles. The van der Waals surface area contributed by atoms with Gasteiger partial charge in [-0.25, -0.2) is 10.5 Å². The number of aryl methyl sites for hydroxylation is 1. The van der Waals surface area contributed by atoms with Gasteiger partial charge in [-0.05, 0) is 12.1 Å². The number of hydrogen-bond acceptors (Lipinski definition) is 4.